The summed E-state index contributed by atoms with van der Waals surface area (Å²) < 4.78 is 29.2. The van der Waals surface area contributed by atoms with Crippen molar-refractivity contribution in [2.45, 2.75) is 31.6 Å². The first-order chi connectivity index (χ1) is 13.4. The summed E-state index contributed by atoms with van der Waals surface area (Å²) in [5.41, 5.74) is 2.62. The smallest absolute Gasteiger partial charge is 0.320 e. The largest absolute Gasteiger partial charge is 0.345 e. The van der Waals surface area contributed by atoms with Gasteiger partial charge in [-0.15, -0.1) is 0 Å². The van der Waals surface area contributed by atoms with Crippen LogP contribution >= 0.6 is 0 Å². The van der Waals surface area contributed by atoms with Crippen LogP contribution in [0.25, 0.3) is 16.7 Å². The van der Waals surface area contributed by atoms with Crippen molar-refractivity contribution in [2.75, 3.05) is 26.2 Å². The molecule has 5 rings (SSSR count). The summed E-state index contributed by atoms with van der Waals surface area (Å²) in [6.07, 6.45) is 5.97. The number of aromatic nitrogens is 4. The number of rotatable bonds is 1. The maximum absolute atomic E-state index is 13.5. The second-order valence-corrected chi connectivity index (χ2v) is 7.97. The van der Waals surface area contributed by atoms with Crippen molar-refractivity contribution in [3.05, 3.63) is 30.5 Å². The number of carbonyl (C=O) groups excluding carboxylic acids is 1. The van der Waals surface area contributed by atoms with E-state index in [0.29, 0.717) is 19.0 Å². The molecule has 2 atom stereocenters. The first kappa shape index (κ1) is 17.4. The van der Waals surface area contributed by atoms with Gasteiger partial charge in [0.25, 0.3) is 5.92 Å². The summed E-state index contributed by atoms with van der Waals surface area (Å²) in [5, 5.41) is 0. The van der Waals surface area contributed by atoms with Crippen molar-refractivity contribution in [3.8, 4) is 0 Å². The molecule has 2 amide bonds. The van der Waals surface area contributed by atoms with Crippen molar-refractivity contribution >= 4 is 22.7 Å². The molecule has 9 heteroatoms. The number of imidazole rings is 1. The number of aromatic amines is 1. The molecule has 0 saturated carbocycles. The van der Waals surface area contributed by atoms with Crippen LogP contribution < -0.4 is 0 Å². The number of urea groups is 1. The van der Waals surface area contributed by atoms with E-state index in [1.54, 1.807) is 17.3 Å². The molecule has 3 aromatic heterocycles. The van der Waals surface area contributed by atoms with E-state index in [1.165, 1.54) is 4.90 Å². The lowest BCUT2D eigenvalue weighted by molar-refractivity contribution is 0.0131. The molecule has 0 aromatic carbocycles. The number of hydrogen-bond acceptors (Lipinski definition) is 3. The van der Waals surface area contributed by atoms with Crippen molar-refractivity contribution in [1.82, 2.24) is 29.2 Å². The van der Waals surface area contributed by atoms with Crippen LogP contribution in [0.3, 0.4) is 0 Å². The minimum absolute atomic E-state index is 0.0313. The van der Waals surface area contributed by atoms with E-state index in [1.807, 2.05) is 12.3 Å². The van der Waals surface area contributed by atoms with Gasteiger partial charge in [-0.1, -0.05) is 6.92 Å². The zero-order valence-corrected chi connectivity index (χ0v) is 15.6. The van der Waals surface area contributed by atoms with Gasteiger partial charge in [0.2, 0.25) is 0 Å². The Balaban J connectivity index is 1.46. The van der Waals surface area contributed by atoms with Gasteiger partial charge in [-0.05, 0) is 18.4 Å². The number of H-pyrrole nitrogens is 1. The zero-order chi connectivity index (χ0) is 19.5. The third kappa shape index (κ3) is 2.71. The van der Waals surface area contributed by atoms with Crippen LogP contribution in [-0.4, -0.2) is 67.3 Å². The average molecular weight is 388 g/mol. The Bertz CT molecular complexity index is 1040. The number of fused-ring (bicyclic) bond motifs is 3. The van der Waals surface area contributed by atoms with E-state index >= 15 is 0 Å². The molecule has 5 heterocycles. The maximum Gasteiger partial charge on any atom is 0.320 e. The molecule has 0 bridgehead atoms. The number of nitrogens with zero attached hydrogens (tertiary/aromatic N) is 5. The topological polar surface area (TPSA) is 69.5 Å². The number of likely N-dealkylation sites (tertiary alicyclic amines) is 2. The van der Waals surface area contributed by atoms with Gasteiger partial charge >= 0.3 is 6.03 Å². The summed E-state index contributed by atoms with van der Waals surface area (Å²) in [6.45, 7) is 2.86. The van der Waals surface area contributed by atoms with E-state index in [0.717, 1.165) is 28.9 Å². The minimum Gasteiger partial charge on any atom is -0.345 e. The Morgan fingerprint density at radius 2 is 2.07 bits per heavy atom. The monoisotopic (exact) mass is 388 g/mol. The fourth-order valence-corrected chi connectivity index (χ4v) is 4.44. The van der Waals surface area contributed by atoms with Crippen LogP contribution in [-0.2, 0) is 0 Å². The highest BCUT2D eigenvalue weighted by Gasteiger charge is 2.43. The standard InChI is InChI=1S/C19H22F2N6O/c1-12-3-6-25(18(28)26-7-4-19(20,21)11-26)10-14(12)17-24-9-13-8-23-16-15(27(13)17)2-5-22-16/h2,5,8-9,12,14,22H,3-4,6-7,10-11H2,1H3/t12-,14+/m1/s1. The van der Waals surface area contributed by atoms with E-state index in [9.17, 15) is 13.6 Å². The SMILES string of the molecule is C[C@@H]1CCN(C(=O)N2CCC(F)(F)C2)C[C@@H]1c1ncc2cnc3[nH]ccc3n12. The predicted molar refractivity (Wildman–Crippen MR) is 99.5 cm³/mol. The fourth-order valence-electron chi connectivity index (χ4n) is 4.44. The van der Waals surface area contributed by atoms with Gasteiger partial charge in [-0.2, -0.15) is 0 Å². The summed E-state index contributed by atoms with van der Waals surface area (Å²) in [5.74, 6) is -1.52. The molecule has 2 aliphatic heterocycles. The van der Waals surface area contributed by atoms with Gasteiger partial charge in [0.15, 0.2) is 5.65 Å². The van der Waals surface area contributed by atoms with Crippen molar-refractivity contribution < 1.29 is 13.6 Å². The van der Waals surface area contributed by atoms with Crippen molar-refractivity contribution in [3.63, 3.8) is 0 Å². The molecule has 2 fully saturated rings. The Morgan fingerprint density at radius 1 is 1.25 bits per heavy atom. The van der Waals surface area contributed by atoms with Gasteiger partial charge in [0.1, 0.15) is 5.82 Å². The molecule has 2 aliphatic rings. The number of carbonyl (C=O) groups is 1. The molecule has 0 spiro atoms. The molecule has 2 saturated heterocycles. The second kappa shape index (κ2) is 6.15. The first-order valence-electron chi connectivity index (χ1n) is 9.64. The summed E-state index contributed by atoms with van der Waals surface area (Å²) in [7, 11) is 0. The van der Waals surface area contributed by atoms with E-state index in [-0.39, 0.29) is 24.9 Å². The lowest BCUT2D eigenvalue weighted by atomic mass is 9.86. The highest BCUT2D eigenvalue weighted by molar-refractivity contribution is 5.76. The first-order valence-corrected chi connectivity index (χ1v) is 9.64. The van der Waals surface area contributed by atoms with Crippen LogP contribution in [0.4, 0.5) is 13.6 Å². The average Bonchev–Trinajstić information content (AvgIpc) is 3.38. The Hall–Kier alpha value is -2.71. The van der Waals surface area contributed by atoms with Crippen molar-refractivity contribution in [1.29, 1.82) is 0 Å². The molecular formula is C19H22F2N6O. The molecule has 0 unspecified atom stereocenters. The minimum atomic E-state index is -2.77. The number of nitrogens with one attached hydrogen (secondary N) is 1. The summed E-state index contributed by atoms with van der Waals surface area (Å²) >= 11 is 0. The van der Waals surface area contributed by atoms with Crippen LogP contribution in [0, 0.1) is 5.92 Å². The summed E-state index contributed by atoms with van der Waals surface area (Å²) in [4.78, 5) is 28.0. The zero-order valence-electron chi connectivity index (χ0n) is 15.6. The molecule has 1 N–H and O–H groups in total. The van der Waals surface area contributed by atoms with E-state index in [2.05, 4.69) is 26.3 Å². The van der Waals surface area contributed by atoms with Crippen LogP contribution in [0.5, 0.6) is 0 Å². The van der Waals surface area contributed by atoms with Crippen molar-refractivity contribution in [2.24, 2.45) is 5.92 Å². The Morgan fingerprint density at radius 3 is 2.86 bits per heavy atom. The number of piperidine rings is 1. The van der Waals surface area contributed by atoms with Gasteiger partial charge in [-0.3, -0.25) is 4.40 Å². The van der Waals surface area contributed by atoms with Gasteiger partial charge in [0.05, 0.1) is 30.0 Å². The number of halogens is 2. The van der Waals surface area contributed by atoms with Crippen LogP contribution in [0.1, 0.15) is 31.5 Å². The molecule has 148 valence electrons. The van der Waals surface area contributed by atoms with Gasteiger partial charge < -0.3 is 14.8 Å². The normalized spacial score (nSPS) is 25.1. The fraction of sp³-hybridized carbons (Fsp3) is 0.526. The molecule has 0 radical (unpaired) electrons. The van der Waals surface area contributed by atoms with Crippen LogP contribution in [0.2, 0.25) is 0 Å². The predicted octanol–water partition coefficient (Wildman–Crippen LogP) is 3.10. The third-order valence-corrected chi connectivity index (χ3v) is 6.09. The summed E-state index contributed by atoms with van der Waals surface area (Å²) in [6, 6.07) is 1.67. The molecule has 7 nitrogen and oxygen atoms in total. The van der Waals surface area contributed by atoms with Gasteiger partial charge in [0, 0.05) is 38.2 Å². The van der Waals surface area contributed by atoms with E-state index < -0.39 is 12.5 Å². The number of alkyl halides is 2. The maximum atomic E-state index is 13.5. The Kier molecular flexibility index (Phi) is 3.82. The molecular weight excluding hydrogens is 366 g/mol. The molecule has 3 aromatic rings. The lowest BCUT2D eigenvalue weighted by Crippen LogP contribution is -2.48. The third-order valence-electron chi connectivity index (χ3n) is 6.09. The molecule has 28 heavy (non-hydrogen) atoms. The quantitative estimate of drug-likeness (QED) is 0.697. The Labute approximate surface area is 160 Å². The highest BCUT2D eigenvalue weighted by Crippen LogP contribution is 2.34. The second-order valence-electron chi connectivity index (χ2n) is 7.97. The number of hydrogen-bond donors (Lipinski definition) is 1. The highest BCUT2D eigenvalue weighted by atomic mass is 19.3. The van der Waals surface area contributed by atoms with Crippen LogP contribution in [0.15, 0.2) is 24.7 Å². The van der Waals surface area contributed by atoms with Gasteiger partial charge in [-0.25, -0.2) is 23.5 Å². The lowest BCUT2D eigenvalue weighted by Gasteiger charge is -2.38. The molecule has 0 aliphatic carbocycles. The number of amides is 2. The van der Waals surface area contributed by atoms with E-state index in [4.69, 9.17) is 0 Å².